The number of hydrogen-bond donors (Lipinski definition) is 0. The van der Waals surface area contributed by atoms with Gasteiger partial charge in [0.15, 0.2) is 0 Å². The van der Waals surface area contributed by atoms with Crippen LogP contribution in [0.15, 0.2) is 53.4 Å². The van der Waals surface area contributed by atoms with Crippen LogP contribution in [0.4, 0.5) is 0 Å². The van der Waals surface area contributed by atoms with Crippen LogP contribution >= 0.6 is 11.6 Å². The van der Waals surface area contributed by atoms with Gasteiger partial charge in [0.25, 0.3) is 0 Å². The summed E-state index contributed by atoms with van der Waals surface area (Å²) in [5.74, 6) is 0.511. The molecule has 1 saturated heterocycles. The molecule has 1 atom stereocenters. The highest BCUT2D eigenvalue weighted by molar-refractivity contribution is 7.89. The molecule has 1 aliphatic rings. The molecule has 0 aliphatic carbocycles. The van der Waals surface area contributed by atoms with Gasteiger partial charge in [-0.1, -0.05) is 23.7 Å². The van der Waals surface area contributed by atoms with Crippen molar-refractivity contribution in [3.8, 4) is 11.8 Å². The van der Waals surface area contributed by atoms with Crippen molar-refractivity contribution < 1.29 is 17.9 Å². The van der Waals surface area contributed by atoms with Crippen LogP contribution in [0, 0.1) is 11.3 Å². The molecule has 148 valence electrons. The van der Waals surface area contributed by atoms with E-state index in [-0.39, 0.29) is 30.7 Å². The summed E-state index contributed by atoms with van der Waals surface area (Å²) in [6, 6.07) is 14.9. The van der Waals surface area contributed by atoms with Crippen molar-refractivity contribution in [1.82, 2.24) is 4.31 Å². The van der Waals surface area contributed by atoms with Gasteiger partial charge in [0.2, 0.25) is 10.0 Å². The molecule has 1 heterocycles. The average Bonchev–Trinajstić information content (AvgIpc) is 3.22. The van der Waals surface area contributed by atoms with Crippen molar-refractivity contribution >= 4 is 21.6 Å². The number of hydrogen-bond acceptors (Lipinski definition) is 5. The number of para-hydroxylation sites is 1. The van der Waals surface area contributed by atoms with Crippen molar-refractivity contribution in [2.24, 2.45) is 0 Å². The first-order valence-electron chi connectivity index (χ1n) is 9.00. The van der Waals surface area contributed by atoms with Crippen molar-refractivity contribution in [2.45, 2.75) is 23.8 Å². The Labute approximate surface area is 170 Å². The van der Waals surface area contributed by atoms with E-state index < -0.39 is 10.0 Å². The highest BCUT2D eigenvalue weighted by atomic mass is 35.5. The third-order valence-corrected chi connectivity index (χ3v) is 6.68. The van der Waals surface area contributed by atoms with E-state index >= 15 is 0 Å². The van der Waals surface area contributed by atoms with Crippen LogP contribution in [-0.4, -0.2) is 45.1 Å². The molecule has 1 aliphatic heterocycles. The number of sulfonamides is 1. The molecule has 0 saturated carbocycles. The molecular weight excluding hydrogens is 400 g/mol. The second-order valence-electron chi connectivity index (χ2n) is 6.41. The lowest BCUT2D eigenvalue weighted by atomic mass is 10.2. The van der Waals surface area contributed by atoms with Crippen LogP contribution in [0.1, 0.15) is 18.4 Å². The van der Waals surface area contributed by atoms with Gasteiger partial charge in [0.1, 0.15) is 12.4 Å². The minimum Gasteiger partial charge on any atom is -0.491 e. The number of rotatable bonds is 8. The van der Waals surface area contributed by atoms with Gasteiger partial charge >= 0.3 is 0 Å². The fraction of sp³-hybridized carbons (Fsp3) is 0.350. The Hall–Kier alpha value is -2.11. The molecule has 2 aromatic rings. The predicted molar refractivity (Wildman–Crippen MR) is 106 cm³/mol. The van der Waals surface area contributed by atoms with Gasteiger partial charge in [0, 0.05) is 19.7 Å². The van der Waals surface area contributed by atoms with Gasteiger partial charge < -0.3 is 9.47 Å². The van der Waals surface area contributed by atoms with Gasteiger partial charge in [-0.25, -0.2) is 8.42 Å². The summed E-state index contributed by atoms with van der Waals surface area (Å²) in [6.45, 7) is 1.22. The third kappa shape index (κ3) is 5.03. The summed E-state index contributed by atoms with van der Waals surface area (Å²) in [6.07, 6.45) is 1.62. The van der Waals surface area contributed by atoms with E-state index in [0.717, 1.165) is 12.8 Å². The Balaban J connectivity index is 1.75. The largest absolute Gasteiger partial charge is 0.491 e. The minimum absolute atomic E-state index is 0.131. The summed E-state index contributed by atoms with van der Waals surface area (Å²) >= 11 is 6.09. The van der Waals surface area contributed by atoms with Crippen LogP contribution in [0.3, 0.4) is 0 Å². The lowest BCUT2D eigenvalue weighted by Crippen LogP contribution is -2.39. The summed E-state index contributed by atoms with van der Waals surface area (Å²) in [5, 5.41) is 9.40. The lowest BCUT2D eigenvalue weighted by Gasteiger charge is -2.25. The topological polar surface area (TPSA) is 79.6 Å². The first-order chi connectivity index (χ1) is 13.5. The third-order valence-electron chi connectivity index (χ3n) is 4.49. The molecule has 1 fully saturated rings. The van der Waals surface area contributed by atoms with Crippen LogP contribution in [0.2, 0.25) is 5.02 Å². The highest BCUT2D eigenvalue weighted by Gasteiger charge is 2.29. The minimum atomic E-state index is -3.75. The van der Waals surface area contributed by atoms with Gasteiger partial charge in [0.05, 0.1) is 27.7 Å². The molecule has 0 N–H and O–H groups in total. The normalized spacial score (nSPS) is 16.8. The molecule has 0 amide bonds. The Morgan fingerprint density at radius 2 is 1.96 bits per heavy atom. The first kappa shape index (κ1) is 20.6. The zero-order chi connectivity index (χ0) is 20.0. The van der Waals surface area contributed by atoms with Gasteiger partial charge in [-0.2, -0.15) is 9.57 Å². The fourth-order valence-electron chi connectivity index (χ4n) is 2.99. The molecule has 8 heteroatoms. The van der Waals surface area contributed by atoms with E-state index in [1.54, 1.807) is 24.3 Å². The quantitative estimate of drug-likeness (QED) is 0.653. The van der Waals surface area contributed by atoms with Crippen LogP contribution in [0.25, 0.3) is 0 Å². The van der Waals surface area contributed by atoms with E-state index in [4.69, 9.17) is 26.3 Å². The Morgan fingerprint density at radius 3 is 2.61 bits per heavy atom. The number of nitrogens with zero attached hydrogens (tertiary/aromatic N) is 2. The SMILES string of the molecule is N#Cc1ccc(S(=O)(=O)N(CCOc2ccccc2Cl)CC2CCCO2)cc1. The molecular formula is C20H21ClN2O4S. The van der Waals surface area contributed by atoms with Gasteiger partial charge in [-0.3, -0.25) is 0 Å². The molecule has 1 unspecified atom stereocenters. The number of benzene rings is 2. The zero-order valence-corrected chi connectivity index (χ0v) is 16.8. The maximum atomic E-state index is 13.1. The first-order valence-corrected chi connectivity index (χ1v) is 10.8. The molecule has 0 bridgehead atoms. The van der Waals surface area contributed by atoms with E-state index in [1.807, 2.05) is 6.07 Å². The summed E-state index contributed by atoms with van der Waals surface area (Å²) in [7, 11) is -3.75. The summed E-state index contributed by atoms with van der Waals surface area (Å²) in [5.41, 5.74) is 0.409. The standard InChI is InChI=1S/C20H21ClN2O4S/c21-19-5-1-2-6-20(19)27-13-11-23(15-17-4-3-12-26-17)28(24,25)18-9-7-16(14-22)8-10-18/h1-2,5-10,17H,3-4,11-13,15H2. The summed E-state index contributed by atoms with van der Waals surface area (Å²) in [4.78, 5) is 0.141. The van der Waals surface area contributed by atoms with E-state index in [9.17, 15) is 8.42 Å². The number of halogens is 1. The maximum Gasteiger partial charge on any atom is 0.243 e. The Kier molecular flexibility index (Phi) is 6.92. The maximum absolute atomic E-state index is 13.1. The molecule has 6 nitrogen and oxygen atoms in total. The molecule has 2 aromatic carbocycles. The fourth-order valence-corrected chi connectivity index (χ4v) is 4.64. The van der Waals surface area contributed by atoms with Crippen molar-refractivity contribution in [1.29, 1.82) is 5.26 Å². The van der Waals surface area contributed by atoms with E-state index in [2.05, 4.69) is 0 Å². The smallest absolute Gasteiger partial charge is 0.243 e. The molecule has 0 aromatic heterocycles. The average molecular weight is 421 g/mol. The van der Waals surface area contributed by atoms with Crippen LogP contribution < -0.4 is 4.74 Å². The van der Waals surface area contributed by atoms with Crippen molar-refractivity contribution in [3.05, 3.63) is 59.1 Å². The Bertz CT molecular complexity index is 935. The molecule has 3 rings (SSSR count). The van der Waals surface area contributed by atoms with Crippen LogP contribution in [-0.2, 0) is 14.8 Å². The van der Waals surface area contributed by atoms with Gasteiger partial charge in [-0.05, 0) is 49.2 Å². The second-order valence-corrected chi connectivity index (χ2v) is 8.76. The Morgan fingerprint density at radius 1 is 1.21 bits per heavy atom. The molecule has 0 spiro atoms. The van der Waals surface area contributed by atoms with Crippen molar-refractivity contribution in [3.63, 3.8) is 0 Å². The van der Waals surface area contributed by atoms with E-state index in [1.165, 1.54) is 28.6 Å². The number of nitriles is 1. The highest BCUT2D eigenvalue weighted by Crippen LogP contribution is 2.24. The van der Waals surface area contributed by atoms with Crippen molar-refractivity contribution in [2.75, 3.05) is 26.3 Å². The predicted octanol–water partition coefficient (Wildman–Crippen LogP) is 3.46. The monoisotopic (exact) mass is 420 g/mol. The second kappa shape index (κ2) is 9.39. The van der Waals surface area contributed by atoms with Gasteiger partial charge in [-0.15, -0.1) is 0 Å². The van der Waals surface area contributed by atoms with Crippen LogP contribution in [0.5, 0.6) is 5.75 Å². The zero-order valence-electron chi connectivity index (χ0n) is 15.3. The number of ether oxygens (including phenoxy) is 2. The molecule has 28 heavy (non-hydrogen) atoms. The molecule has 0 radical (unpaired) electrons. The lowest BCUT2D eigenvalue weighted by molar-refractivity contribution is 0.0910. The summed E-state index contributed by atoms with van der Waals surface area (Å²) < 4.78 is 38.9. The van der Waals surface area contributed by atoms with E-state index in [0.29, 0.717) is 22.9 Å².